The summed E-state index contributed by atoms with van der Waals surface area (Å²) in [6, 6.07) is -3.99. The molecule has 39 heavy (non-hydrogen) atoms. The lowest BCUT2D eigenvalue weighted by molar-refractivity contribution is -0.316. The Labute approximate surface area is 227 Å². The van der Waals surface area contributed by atoms with Crippen LogP contribution in [-0.2, 0) is 23.7 Å². The molecule has 1 amide bonds. The van der Waals surface area contributed by atoms with Gasteiger partial charge >= 0.3 is 0 Å². The van der Waals surface area contributed by atoms with Crippen LogP contribution >= 0.6 is 0 Å². The number of hydrogen-bond acceptors (Lipinski definition) is 15. The van der Waals surface area contributed by atoms with E-state index >= 15 is 0 Å². The lowest BCUT2D eigenvalue weighted by atomic mass is 9.84. The number of nitrogens with two attached hydrogens (primary N) is 5. The predicted molar refractivity (Wildman–Crippen MR) is 135 cm³/mol. The molecule has 0 aromatic rings. The van der Waals surface area contributed by atoms with Gasteiger partial charge in [0.2, 0.25) is 5.91 Å². The van der Waals surface area contributed by atoms with Gasteiger partial charge in [0, 0.05) is 30.6 Å². The number of aliphatic hydroxyl groups is 5. The van der Waals surface area contributed by atoms with Crippen molar-refractivity contribution in [1.82, 2.24) is 5.32 Å². The van der Waals surface area contributed by atoms with Crippen molar-refractivity contribution in [2.45, 2.75) is 119 Å². The van der Waals surface area contributed by atoms with Crippen molar-refractivity contribution in [2.75, 3.05) is 13.1 Å². The molecule has 0 bridgehead atoms. The molecule has 2 saturated heterocycles. The summed E-state index contributed by atoms with van der Waals surface area (Å²) in [5, 5.41) is 55.4. The summed E-state index contributed by atoms with van der Waals surface area (Å²) in [7, 11) is 0. The second kappa shape index (κ2) is 12.8. The molecule has 0 spiro atoms. The van der Waals surface area contributed by atoms with E-state index in [4.69, 9.17) is 47.6 Å². The third-order valence-electron chi connectivity index (χ3n) is 7.53. The van der Waals surface area contributed by atoms with Crippen LogP contribution < -0.4 is 34.0 Å². The Morgan fingerprint density at radius 2 is 1.33 bits per heavy atom. The Morgan fingerprint density at radius 1 is 0.795 bits per heavy atom. The van der Waals surface area contributed by atoms with Crippen LogP contribution in [0.3, 0.4) is 0 Å². The molecule has 16 nitrogen and oxygen atoms in total. The Balaban J connectivity index is 1.71. The summed E-state index contributed by atoms with van der Waals surface area (Å²) in [5.41, 5.74) is 29.4. The van der Waals surface area contributed by atoms with Crippen LogP contribution in [0.25, 0.3) is 0 Å². The quantitative estimate of drug-likeness (QED) is 0.137. The number of aliphatic hydroxyl groups excluding tert-OH is 5. The molecule has 1 aliphatic carbocycles. The van der Waals surface area contributed by atoms with Gasteiger partial charge in [-0.1, -0.05) is 20.8 Å². The standard InChI is InChI=1S/C23H46N6O10/c1-23(2,3)22(35)29-6-10-13(30)11(27)16(33)21(37-10)39-19-8(26)4-7(25)18(17(19)34)38-20-12(28)15(32)14(31)9(5-24)36-20/h7-21,30-34H,4-6,24-28H2,1-3H3,(H,29,35). The number of ether oxygens (including phenoxy) is 4. The first-order chi connectivity index (χ1) is 18.1. The molecule has 15 atom stereocenters. The summed E-state index contributed by atoms with van der Waals surface area (Å²) in [5.74, 6) is -0.285. The first-order valence-corrected chi connectivity index (χ1v) is 13.1. The minimum atomic E-state index is -1.50. The van der Waals surface area contributed by atoms with Gasteiger partial charge in [0.25, 0.3) is 0 Å². The average Bonchev–Trinajstić information content (AvgIpc) is 2.87. The van der Waals surface area contributed by atoms with Gasteiger partial charge in [-0.3, -0.25) is 4.79 Å². The van der Waals surface area contributed by atoms with Crippen LogP contribution in [0.4, 0.5) is 0 Å². The van der Waals surface area contributed by atoms with Gasteiger partial charge in [-0.05, 0) is 6.42 Å². The molecule has 16 N–H and O–H groups in total. The Kier molecular flexibility index (Phi) is 10.7. The highest BCUT2D eigenvalue weighted by molar-refractivity contribution is 5.81. The molecule has 228 valence electrons. The van der Waals surface area contributed by atoms with Crippen LogP contribution in [-0.4, -0.2) is 136 Å². The second-order valence-corrected chi connectivity index (χ2v) is 11.7. The number of nitrogens with one attached hydrogen (secondary N) is 1. The molecule has 2 heterocycles. The van der Waals surface area contributed by atoms with Gasteiger partial charge in [0.1, 0.15) is 48.8 Å². The van der Waals surface area contributed by atoms with E-state index in [9.17, 15) is 30.3 Å². The highest BCUT2D eigenvalue weighted by atomic mass is 16.7. The zero-order chi connectivity index (χ0) is 29.4. The van der Waals surface area contributed by atoms with Crippen LogP contribution in [0, 0.1) is 5.41 Å². The van der Waals surface area contributed by atoms with Crippen LogP contribution in [0.2, 0.25) is 0 Å². The van der Waals surface area contributed by atoms with E-state index in [2.05, 4.69) is 5.32 Å². The fraction of sp³-hybridized carbons (Fsp3) is 0.957. The predicted octanol–water partition coefficient (Wildman–Crippen LogP) is -6.16. The topological polar surface area (TPSA) is 297 Å². The molecular formula is C23H46N6O10. The molecule has 3 aliphatic rings. The van der Waals surface area contributed by atoms with Crippen molar-refractivity contribution in [3.05, 3.63) is 0 Å². The van der Waals surface area contributed by atoms with Crippen LogP contribution in [0.15, 0.2) is 0 Å². The van der Waals surface area contributed by atoms with Crippen molar-refractivity contribution < 1.29 is 49.3 Å². The summed E-state index contributed by atoms with van der Waals surface area (Å²) in [6.45, 7) is 4.94. The van der Waals surface area contributed by atoms with Crippen LogP contribution in [0.5, 0.6) is 0 Å². The van der Waals surface area contributed by atoms with Crippen molar-refractivity contribution in [2.24, 2.45) is 34.1 Å². The fourth-order valence-corrected chi connectivity index (χ4v) is 4.92. The van der Waals surface area contributed by atoms with Gasteiger partial charge in [-0.15, -0.1) is 0 Å². The van der Waals surface area contributed by atoms with E-state index in [1.807, 2.05) is 0 Å². The highest BCUT2D eigenvalue weighted by Gasteiger charge is 2.51. The SMILES string of the molecule is CC(C)(C)C(=O)NCC1OC(OC2C(N)CC(N)C(OC3OC(CN)C(O)C(O)C3N)C2O)C(O)C(N)C1O. The third-order valence-corrected chi connectivity index (χ3v) is 7.53. The van der Waals surface area contributed by atoms with Crippen molar-refractivity contribution >= 4 is 5.91 Å². The van der Waals surface area contributed by atoms with Crippen molar-refractivity contribution in [3.8, 4) is 0 Å². The maximum atomic E-state index is 12.3. The van der Waals surface area contributed by atoms with Gasteiger partial charge in [0.15, 0.2) is 12.6 Å². The van der Waals surface area contributed by atoms with Crippen molar-refractivity contribution in [3.63, 3.8) is 0 Å². The molecule has 0 radical (unpaired) electrons. The molecule has 3 rings (SSSR count). The van der Waals surface area contributed by atoms with Gasteiger partial charge in [0.05, 0.1) is 18.2 Å². The fourth-order valence-electron chi connectivity index (χ4n) is 4.92. The van der Waals surface area contributed by atoms with Gasteiger partial charge in [-0.2, -0.15) is 0 Å². The molecule has 2 aliphatic heterocycles. The highest BCUT2D eigenvalue weighted by Crippen LogP contribution is 2.31. The van der Waals surface area contributed by atoms with E-state index in [0.29, 0.717) is 0 Å². The van der Waals surface area contributed by atoms with E-state index < -0.39 is 97.1 Å². The average molecular weight is 567 g/mol. The monoisotopic (exact) mass is 566 g/mol. The van der Waals surface area contributed by atoms with Gasteiger partial charge < -0.3 is 78.5 Å². The molecule has 0 aromatic heterocycles. The molecule has 3 fully saturated rings. The van der Waals surface area contributed by atoms with E-state index in [1.54, 1.807) is 20.8 Å². The normalized spacial score (nSPS) is 47.6. The lowest BCUT2D eigenvalue weighted by Gasteiger charge is -2.48. The summed E-state index contributed by atoms with van der Waals surface area (Å²) >= 11 is 0. The van der Waals surface area contributed by atoms with Gasteiger partial charge in [-0.25, -0.2) is 0 Å². The van der Waals surface area contributed by atoms with E-state index in [1.165, 1.54) is 0 Å². The molecular weight excluding hydrogens is 520 g/mol. The zero-order valence-corrected chi connectivity index (χ0v) is 22.4. The maximum absolute atomic E-state index is 12.3. The van der Waals surface area contributed by atoms with E-state index in [0.717, 1.165) is 0 Å². The minimum absolute atomic E-state index is 0.110. The largest absolute Gasteiger partial charge is 0.389 e. The number of carbonyl (C=O) groups is 1. The number of rotatable bonds is 7. The maximum Gasteiger partial charge on any atom is 0.225 e. The number of hydrogen-bond donors (Lipinski definition) is 11. The smallest absolute Gasteiger partial charge is 0.225 e. The molecule has 16 heteroatoms. The Morgan fingerprint density at radius 3 is 1.87 bits per heavy atom. The number of amides is 1. The first-order valence-electron chi connectivity index (χ1n) is 13.1. The number of carbonyl (C=O) groups excluding carboxylic acids is 1. The lowest BCUT2D eigenvalue weighted by Crippen LogP contribution is -2.69. The minimum Gasteiger partial charge on any atom is -0.389 e. The Hall–Kier alpha value is -1.09. The summed E-state index contributed by atoms with van der Waals surface area (Å²) in [6.07, 6.45) is -13.9. The molecule has 0 aromatic carbocycles. The first kappa shape index (κ1) is 32.4. The van der Waals surface area contributed by atoms with E-state index in [-0.39, 0.29) is 25.4 Å². The second-order valence-electron chi connectivity index (χ2n) is 11.7. The zero-order valence-electron chi connectivity index (χ0n) is 22.4. The summed E-state index contributed by atoms with van der Waals surface area (Å²) in [4.78, 5) is 12.3. The molecule has 15 unspecified atom stereocenters. The summed E-state index contributed by atoms with van der Waals surface area (Å²) < 4.78 is 23.1. The third kappa shape index (κ3) is 7.04. The Bertz CT molecular complexity index is 821. The van der Waals surface area contributed by atoms with Crippen molar-refractivity contribution in [1.29, 1.82) is 0 Å². The molecule has 1 saturated carbocycles. The van der Waals surface area contributed by atoms with Crippen LogP contribution in [0.1, 0.15) is 27.2 Å².